The molecule has 0 spiro atoms. The number of hydrogen-bond acceptors (Lipinski definition) is 3. The molecule has 1 aliphatic rings. The summed E-state index contributed by atoms with van der Waals surface area (Å²) in [5.74, 6) is 0.434. The Balaban J connectivity index is 0.00000200. The average Bonchev–Trinajstić information content (AvgIpc) is 2.42. The van der Waals surface area contributed by atoms with Gasteiger partial charge in [0.25, 0.3) is 0 Å². The molecule has 0 amide bonds. The molecule has 1 saturated heterocycles. The molecular formula is C15H25BrCl2N2O. The Hall–Kier alpha value is -0.000000000000000222. The van der Waals surface area contributed by atoms with Crippen LogP contribution in [0.5, 0.6) is 5.75 Å². The largest absolute Gasteiger partial charge is 0.508 e. The molecule has 0 unspecified atom stereocenters. The fraction of sp³-hybridized carbons (Fsp3) is 0.600. The molecule has 1 aromatic carbocycles. The van der Waals surface area contributed by atoms with Gasteiger partial charge in [0, 0.05) is 42.3 Å². The number of rotatable bonds is 3. The minimum atomic E-state index is 0. The van der Waals surface area contributed by atoms with Crippen LogP contribution in [0.3, 0.4) is 0 Å². The van der Waals surface area contributed by atoms with Gasteiger partial charge in [-0.25, -0.2) is 0 Å². The third-order valence-corrected chi connectivity index (χ3v) is 5.24. The van der Waals surface area contributed by atoms with Gasteiger partial charge < -0.3 is 10.4 Å². The van der Waals surface area contributed by atoms with Gasteiger partial charge in [-0.3, -0.25) is 4.90 Å². The van der Waals surface area contributed by atoms with Crippen LogP contribution >= 0.6 is 40.7 Å². The first-order chi connectivity index (χ1) is 9.06. The third kappa shape index (κ3) is 4.49. The van der Waals surface area contributed by atoms with E-state index in [9.17, 15) is 5.11 Å². The van der Waals surface area contributed by atoms with Crippen molar-refractivity contribution in [2.75, 3.05) is 26.2 Å². The Labute approximate surface area is 148 Å². The maximum Gasteiger partial charge on any atom is 0.120 e. The topological polar surface area (TPSA) is 35.5 Å². The van der Waals surface area contributed by atoms with E-state index in [0.29, 0.717) is 11.8 Å². The van der Waals surface area contributed by atoms with Gasteiger partial charge in [-0.1, -0.05) is 22.9 Å². The van der Waals surface area contributed by atoms with Crippen molar-refractivity contribution >= 4 is 40.7 Å². The number of nitrogens with zero attached hydrogens (tertiary/aromatic N) is 1. The normalized spacial score (nSPS) is 16.8. The Morgan fingerprint density at radius 2 is 1.86 bits per heavy atom. The lowest BCUT2D eigenvalue weighted by Crippen LogP contribution is -2.45. The Morgan fingerprint density at radius 3 is 2.38 bits per heavy atom. The summed E-state index contributed by atoms with van der Waals surface area (Å²) in [6.45, 7) is 10.5. The van der Waals surface area contributed by atoms with Crippen molar-refractivity contribution in [2.45, 2.75) is 33.2 Å². The lowest BCUT2D eigenvalue weighted by Gasteiger charge is -2.36. The van der Waals surface area contributed by atoms with Crippen LogP contribution in [-0.2, 0) is 0 Å². The van der Waals surface area contributed by atoms with Crippen LogP contribution in [0.2, 0.25) is 0 Å². The molecule has 21 heavy (non-hydrogen) atoms. The van der Waals surface area contributed by atoms with E-state index < -0.39 is 0 Å². The van der Waals surface area contributed by atoms with Crippen LogP contribution in [0.1, 0.15) is 36.1 Å². The number of benzene rings is 1. The summed E-state index contributed by atoms with van der Waals surface area (Å²) in [5, 5.41) is 13.7. The highest BCUT2D eigenvalue weighted by molar-refractivity contribution is 9.10. The molecule has 0 bridgehead atoms. The van der Waals surface area contributed by atoms with E-state index in [1.54, 1.807) is 0 Å². The van der Waals surface area contributed by atoms with Crippen molar-refractivity contribution in [3.05, 3.63) is 27.2 Å². The molecule has 1 heterocycles. The second-order valence-electron chi connectivity index (χ2n) is 5.28. The first-order valence-corrected chi connectivity index (χ1v) is 7.78. The minimum Gasteiger partial charge on any atom is -0.508 e. The van der Waals surface area contributed by atoms with Crippen LogP contribution in [0.15, 0.2) is 10.5 Å². The SMILES string of the molecule is CC[C@@H](c1c(O)cc(C)c(Br)c1C)N1CCNCC1.Cl.Cl. The lowest BCUT2D eigenvalue weighted by atomic mass is 9.94. The molecule has 1 aromatic rings. The van der Waals surface area contributed by atoms with Crippen LogP contribution in [0.25, 0.3) is 0 Å². The highest BCUT2D eigenvalue weighted by Gasteiger charge is 2.25. The molecule has 0 saturated carbocycles. The Kier molecular flexibility index (Phi) is 9.21. The Morgan fingerprint density at radius 1 is 1.29 bits per heavy atom. The van der Waals surface area contributed by atoms with E-state index in [4.69, 9.17) is 0 Å². The fourth-order valence-corrected chi connectivity index (χ4v) is 3.34. The van der Waals surface area contributed by atoms with E-state index in [1.807, 2.05) is 13.0 Å². The summed E-state index contributed by atoms with van der Waals surface area (Å²) in [5.41, 5.74) is 3.35. The molecule has 0 radical (unpaired) electrons. The second-order valence-corrected chi connectivity index (χ2v) is 6.07. The predicted molar refractivity (Wildman–Crippen MR) is 97.3 cm³/mol. The summed E-state index contributed by atoms with van der Waals surface area (Å²) in [7, 11) is 0. The highest BCUT2D eigenvalue weighted by atomic mass is 79.9. The van der Waals surface area contributed by atoms with Gasteiger partial charge in [0.15, 0.2) is 0 Å². The second kappa shape index (κ2) is 9.21. The number of piperazine rings is 1. The standard InChI is InChI=1S/C15H23BrN2O.2ClH/c1-4-12(18-7-5-17-6-8-18)14-11(3)15(16)10(2)9-13(14)19;;/h9,12,17,19H,4-8H2,1-3H3;2*1H/t12-;;/m0../s1. The van der Waals surface area contributed by atoms with E-state index in [-0.39, 0.29) is 24.8 Å². The van der Waals surface area contributed by atoms with Gasteiger partial charge >= 0.3 is 0 Å². The zero-order valence-corrected chi connectivity index (χ0v) is 16.0. The van der Waals surface area contributed by atoms with Crippen LogP contribution < -0.4 is 5.32 Å². The van der Waals surface area contributed by atoms with Crippen molar-refractivity contribution in [2.24, 2.45) is 0 Å². The molecule has 6 heteroatoms. The molecule has 2 N–H and O–H groups in total. The summed E-state index contributed by atoms with van der Waals surface area (Å²) in [6.07, 6.45) is 1.02. The number of aromatic hydroxyl groups is 1. The van der Waals surface area contributed by atoms with E-state index in [2.05, 4.69) is 40.0 Å². The first kappa shape index (κ1) is 21.0. The monoisotopic (exact) mass is 398 g/mol. The number of aryl methyl sites for hydroxylation is 1. The van der Waals surface area contributed by atoms with Gasteiger partial charge in [0.1, 0.15) is 5.75 Å². The van der Waals surface area contributed by atoms with Gasteiger partial charge in [-0.05, 0) is 37.5 Å². The number of nitrogens with one attached hydrogen (secondary N) is 1. The molecule has 3 nitrogen and oxygen atoms in total. The number of halogens is 3. The van der Waals surface area contributed by atoms with Crippen molar-refractivity contribution in [3.8, 4) is 5.75 Å². The summed E-state index contributed by atoms with van der Waals surface area (Å²) >= 11 is 3.64. The quantitative estimate of drug-likeness (QED) is 0.806. The fourth-order valence-electron chi connectivity index (χ4n) is 3.01. The van der Waals surface area contributed by atoms with Crippen molar-refractivity contribution in [1.29, 1.82) is 0 Å². The zero-order chi connectivity index (χ0) is 14.0. The van der Waals surface area contributed by atoms with Gasteiger partial charge in [-0.15, -0.1) is 24.8 Å². The predicted octanol–water partition coefficient (Wildman–Crippen LogP) is 3.97. The molecule has 1 atom stereocenters. The van der Waals surface area contributed by atoms with Crippen LogP contribution in [0, 0.1) is 13.8 Å². The highest BCUT2D eigenvalue weighted by Crippen LogP contribution is 2.38. The maximum absolute atomic E-state index is 10.4. The third-order valence-electron chi connectivity index (χ3n) is 4.02. The van der Waals surface area contributed by atoms with Gasteiger partial charge in [-0.2, -0.15) is 0 Å². The molecule has 122 valence electrons. The van der Waals surface area contributed by atoms with Gasteiger partial charge in [0.05, 0.1) is 0 Å². The number of hydrogen-bond donors (Lipinski definition) is 2. The van der Waals surface area contributed by atoms with Crippen LogP contribution in [-0.4, -0.2) is 36.2 Å². The number of phenols is 1. The van der Waals surface area contributed by atoms with E-state index >= 15 is 0 Å². The molecule has 0 aromatic heterocycles. The summed E-state index contributed by atoms with van der Waals surface area (Å²) < 4.78 is 1.12. The van der Waals surface area contributed by atoms with Crippen molar-refractivity contribution in [1.82, 2.24) is 10.2 Å². The lowest BCUT2D eigenvalue weighted by molar-refractivity contribution is 0.166. The smallest absolute Gasteiger partial charge is 0.120 e. The molecule has 1 fully saturated rings. The average molecular weight is 400 g/mol. The minimum absolute atomic E-state index is 0. The number of phenolic OH excluding ortho intramolecular Hbond substituents is 1. The molecule has 1 aliphatic heterocycles. The van der Waals surface area contributed by atoms with Crippen molar-refractivity contribution < 1.29 is 5.11 Å². The molecular weight excluding hydrogens is 375 g/mol. The molecule has 0 aliphatic carbocycles. The van der Waals surface area contributed by atoms with Gasteiger partial charge in [0.2, 0.25) is 0 Å². The van der Waals surface area contributed by atoms with E-state index in [1.165, 1.54) is 5.56 Å². The van der Waals surface area contributed by atoms with Crippen LogP contribution in [0.4, 0.5) is 0 Å². The summed E-state index contributed by atoms with van der Waals surface area (Å²) in [6, 6.07) is 2.18. The summed E-state index contributed by atoms with van der Waals surface area (Å²) in [4.78, 5) is 2.47. The van der Waals surface area contributed by atoms with Crippen molar-refractivity contribution in [3.63, 3.8) is 0 Å². The Bertz CT molecular complexity index is 465. The first-order valence-electron chi connectivity index (χ1n) is 6.99. The molecule has 2 rings (SSSR count). The van der Waals surface area contributed by atoms with E-state index in [0.717, 1.165) is 48.2 Å². The maximum atomic E-state index is 10.4. The zero-order valence-electron chi connectivity index (χ0n) is 12.8.